The van der Waals surface area contributed by atoms with Crippen LogP contribution in [-0.4, -0.2) is 28.4 Å². The lowest BCUT2D eigenvalue weighted by molar-refractivity contribution is -0.111. The van der Waals surface area contributed by atoms with Crippen LogP contribution < -0.4 is 15.4 Å². The molecule has 0 saturated carbocycles. The molecule has 0 fully saturated rings. The lowest BCUT2D eigenvalue weighted by Gasteiger charge is -2.18. The molecule has 0 bridgehead atoms. The maximum Gasteiger partial charge on any atom is 0.248 e. The topological polar surface area (TPSA) is 92.5 Å². The Balaban J connectivity index is 2.15. The highest BCUT2D eigenvalue weighted by molar-refractivity contribution is 8.02. The van der Waals surface area contributed by atoms with Gasteiger partial charge in [-0.2, -0.15) is 0 Å². The van der Waals surface area contributed by atoms with Crippen LogP contribution in [0, 0.1) is 0 Å². The van der Waals surface area contributed by atoms with Crippen LogP contribution >= 0.6 is 11.8 Å². The van der Waals surface area contributed by atoms with Gasteiger partial charge in [0.05, 0.1) is 16.3 Å². The van der Waals surface area contributed by atoms with E-state index in [1.165, 1.54) is 30.0 Å². The Morgan fingerprint density at radius 3 is 2.44 bits per heavy atom. The zero-order valence-corrected chi connectivity index (χ0v) is 15.5. The smallest absolute Gasteiger partial charge is 0.248 e. The Kier molecular flexibility index (Phi) is 6.24. The van der Waals surface area contributed by atoms with E-state index in [1.54, 1.807) is 30.5 Å². The number of hydrogen-bond acceptors (Lipinski definition) is 5. The number of sulfonamides is 1. The van der Waals surface area contributed by atoms with E-state index in [-0.39, 0.29) is 10.8 Å². The van der Waals surface area contributed by atoms with Gasteiger partial charge in [-0.15, -0.1) is 0 Å². The summed E-state index contributed by atoms with van der Waals surface area (Å²) in [7, 11) is -0.260. The monoisotopic (exact) mass is 377 g/mol. The van der Waals surface area contributed by atoms with Gasteiger partial charge in [-0.1, -0.05) is 30.0 Å². The van der Waals surface area contributed by atoms with Crippen LogP contribution in [0.15, 0.2) is 69.8 Å². The van der Waals surface area contributed by atoms with E-state index in [1.807, 2.05) is 30.3 Å². The molecule has 0 radical (unpaired) electrons. The minimum atomic E-state index is -3.85. The molecule has 2 rings (SSSR count). The quantitative estimate of drug-likeness (QED) is 0.596. The fourth-order valence-electron chi connectivity index (χ4n) is 2.03. The fraction of sp³-hybridized carbons (Fsp3) is 0.118. The number of nitrogens with one attached hydrogen (secondary N) is 1. The Morgan fingerprint density at radius 1 is 1.16 bits per heavy atom. The van der Waals surface area contributed by atoms with Gasteiger partial charge < -0.3 is 10.2 Å². The third kappa shape index (κ3) is 5.63. The number of primary sulfonamides is 1. The average molecular weight is 377 g/mol. The second-order valence-electron chi connectivity index (χ2n) is 5.34. The van der Waals surface area contributed by atoms with E-state index in [0.717, 1.165) is 4.90 Å². The largest absolute Gasteiger partial charge is 0.376 e. The van der Waals surface area contributed by atoms with E-state index >= 15 is 0 Å². The van der Waals surface area contributed by atoms with Gasteiger partial charge in [-0.3, -0.25) is 4.79 Å². The first-order valence-corrected chi connectivity index (χ1v) is 9.73. The maximum absolute atomic E-state index is 12.1. The Bertz CT molecular complexity index is 879. The van der Waals surface area contributed by atoms with Crippen LogP contribution in [-0.2, 0) is 14.8 Å². The summed E-state index contributed by atoms with van der Waals surface area (Å²) < 4.78 is 23.0. The van der Waals surface area contributed by atoms with Crippen molar-refractivity contribution in [3.05, 3.63) is 60.0 Å². The first-order valence-electron chi connectivity index (χ1n) is 7.31. The molecule has 2 aromatic carbocycles. The third-order valence-electron chi connectivity index (χ3n) is 3.20. The number of hydrogen-bond donors (Lipinski definition) is 2. The molecule has 0 aromatic heterocycles. The molecule has 25 heavy (non-hydrogen) atoms. The Labute approximate surface area is 151 Å². The number of carbonyl (C=O) groups excluding carboxylic acids is 1. The van der Waals surface area contributed by atoms with Gasteiger partial charge in [-0.25, -0.2) is 13.6 Å². The Hall–Kier alpha value is -2.29. The normalized spacial score (nSPS) is 11.5. The second kappa shape index (κ2) is 8.19. The Morgan fingerprint density at radius 2 is 1.84 bits per heavy atom. The summed E-state index contributed by atoms with van der Waals surface area (Å²) in [4.78, 5) is 14.8. The van der Waals surface area contributed by atoms with Crippen molar-refractivity contribution < 1.29 is 13.2 Å². The number of rotatable bonds is 6. The molecular formula is C17H19N3O3S2. The molecule has 0 heterocycles. The molecule has 0 unspecified atom stereocenters. The molecule has 6 nitrogen and oxygen atoms in total. The van der Waals surface area contributed by atoms with E-state index in [4.69, 9.17) is 5.14 Å². The summed E-state index contributed by atoms with van der Waals surface area (Å²) in [6, 6.07) is 14.0. The van der Waals surface area contributed by atoms with Crippen LogP contribution in [0.3, 0.4) is 0 Å². The molecule has 0 spiro atoms. The summed E-state index contributed by atoms with van der Waals surface area (Å²) in [5.74, 6) is -0.363. The highest BCUT2D eigenvalue weighted by atomic mass is 32.2. The number of nitrogens with two attached hydrogens (primary N) is 1. The summed E-state index contributed by atoms with van der Waals surface area (Å²) in [5, 5.41) is 9.52. The molecule has 0 aliphatic carbocycles. The van der Waals surface area contributed by atoms with Gasteiger partial charge in [0.1, 0.15) is 0 Å². The first kappa shape index (κ1) is 19.0. The zero-order valence-electron chi connectivity index (χ0n) is 13.8. The van der Waals surface area contributed by atoms with Crippen molar-refractivity contribution in [2.75, 3.05) is 24.3 Å². The fourth-order valence-corrected chi connectivity index (χ4v) is 3.23. The standard InChI is InChI=1S/C17H19N3O3S2/c1-20(2)16-9-8-14(25(18,22)23)12-15(16)19-17(21)10-11-24-13-6-4-3-5-7-13/h3-12H,1-2H3,(H,19,21)(H2,18,22,23)/b11-10+. The highest BCUT2D eigenvalue weighted by Gasteiger charge is 2.13. The summed E-state index contributed by atoms with van der Waals surface area (Å²) >= 11 is 1.41. The molecule has 2 aromatic rings. The highest BCUT2D eigenvalue weighted by Crippen LogP contribution is 2.27. The van der Waals surface area contributed by atoms with Gasteiger partial charge in [0.25, 0.3) is 0 Å². The number of thioether (sulfide) groups is 1. The predicted molar refractivity (Wildman–Crippen MR) is 102 cm³/mol. The van der Waals surface area contributed by atoms with E-state index in [2.05, 4.69) is 5.32 Å². The van der Waals surface area contributed by atoms with Crippen molar-refractivity contribution in [2.45, 2.75) is 9.79 Å². The lowest BCUT2D eigenvalue weighted by atomic mass is 10.2. The van der Waals surface area contributed by atoms with Crippen molar-refractivity contribution in [1.82, 2.24) is 0 Å². The number of anilines is 2. The van der Waals surface area contributed by atoms with Gasteiger partial charge in [0, 0.05) is 25.1 Å². The van der Waals surface area contributed by atoms with E-state index in [0.29, 0.717) is 11.4 Å². The van der Waals surface area contributed by atoms with Crippen LogP contribution in [0.1, 0.15) is 0 Å². The van der Waals surface area contributed by atoms with Crippen molar-refractivity contribution in [3.63, 3.8) is 0 Å². The van der Waals surface area contributed by atoms with Gasteiger partial charge in [-0.05, 0) is 35.7 Å². The summed E-state index contributed by atoms with van der Waals surface area (Å²) in [6.45, 7) is 0. The number of carbonyl (C=O) groups is 1. The second-order valence-corrected chi connectivity index (χ2v) is 7.88. The molecule has 1 amide bonds. The first-order chi connectivity index (χ1) is 11.8. The van der Waals surface area contributed by atoms with Crippen molar-refractivity contribution in [2.24, 2.45) is 5.14 Å². The summed E-state index contributed by atoms with van der Waals surface area (Å²) in [5.41, 5.74) is 1.04. The van der Waals surface area contributed by atoms with Gasteiger partial charge in [0.15, 0.2) is 0 Å². The number of amides is 1. The summed E-state index contributed by atoms with van der Waals surface area (Å²) in [6.07, 6.45) is 1.39. The SMILES string of the molecule is CN(C)c1ccc(S(N)(=O)=O)cc1NC(=O)/C=C/Sc1ccccc1. The predicted octanol–water partition coefficient (Wildman–Crippen LogP) is 2.64. The van der Waals surface area contributed by atoms with E-state index < -0.39 is 10.0 Å². The van der Waals surface area contributed by atoms with Crippen LogP contribution in [0.25, 0.3) is 0 Å². The third-order valence-corrected chi connectivity index (χ3v) is 4.93. The van der Waals surface area contributed by atoms with E-state index in [9.17, 15) is 13.2 Å². The average Bonchev–Trinajstić information content (AvgIpc) is 2.54. The molecule has 0 aliphatic heterocycles. The number of benzene rings is 2. The van der Waals surface area contributed by atoms with Gasteiger partial charge >= 0.3 is 0 Å². The van der Waals surface area contributed by atoms with Crippen LogP contribution in [0.4, 0.5) is 11.4 Å². The molecule has 0 saturated heterocycles. The minimum Gasteiger partial charge on any atom is -0.376 e. The molecular weight excluding hydrogens is 358 g/mol. The van der Waals surface area contributed by atoms with Gasteiger partial charge in [0.2, 0.25) is 15.9 Å². The number of nitrogens with zero attached hydrogens (tertiary/aromatic N) is 1. The molecule has 8 heteroatoms. The van der Waals surface area contributed by atoms with Crippen molar-refractivity contribution in [1.29, 1.82) is 0 Å². The minimum absolute atomic E-state index is 0.0592. The molecule has 0 atom stereocenters. The zero-order chi connectivity index (χ0) is 18.4. The van der Waals surface area contributed by atoms with Crippen molar-refractivity contribution in [3.8, 4) is 0 Å². The van der Waals surface area contributed by atoms with Crippen LogP contribution in [0.2, 0.25) is 0 Å². The maximum atomic E-state index is 12.1. The van der Waals surface area contributed by atoms with Crippen molar-refractivity contribution >= 4 is 39.1 Å². The lowest BCUT2D eigenvalue weighted by Crippen LogP contribution is -2.17. The molecule has 3 N–H and O–H groups in total. The molecule has 132 valence electrons. The molecule has 0 aliphatic rings. The van der Waals surface area contributed by atoms with Crippen LogP contribution in [0.5, 0.6) is 0 Å².